The van der Waals surface area contributed by atoms with Gasteiger partial charge in [-0.1, -0.05) is 43.3 Å². The molecular weight excluding hydrogens is 286 g/mol. The molecule has 3 rings (SSSR count). The van der Waals surface area contributed by atoms with Crippen molar-refractivity contribution in [3.63, 3.8) is 0 Å². The first kappa shape index (κ1) is 15.3. The molecule has 0 saturated heterocycles. The number of carbonyl (C=O) groups is 1. The summed E-state index contributed by atoms with van der Waals surface area (Å²) in [5, 5.41) is 3.09. The standard InChI is InChI=1S/C19H21N3O/c1-4-16-17(22-12-8-9-13(2)18(22)21-16)19(23)20-14(3)15-10-6-5-7-11-15/h5-12,14H,4H2,1-3H3,(H,20,23). The van der Waals surface area contributed by atoms with E-state index in [2.05, 4.69) is 10.3 Å². The van der Waals surface area contributed by atoms with Crippen LogP contribution in [-0.4, -0.2) is 15.3 Å². The lowest BCUT2D eigenvalue weighted by Crippen LogP contribution is -2.28. The maximum atomic E-state index is 12.8. The summed E-state index contributed by atoms with van der Waals surface area (Å²) in [5.74, 6) is -0.0868. The smallest absolute Gasteiger partial charge is 0.270 e. The van der Waals surface area contributed by atoms with Gasteiger partial charge in [-0.25, -0.2) is 4.98 Å². The molecule has 1 N–H and O–H groups in total. The molecule has 0 saturated carbocycles. The Morgan fingerprint density at radius 2 is 1.96 bits per heavy atom. The van der Waals surface area contributed by atoms with Gasteiger partial charge < -0.3 is 5.32 Å². The van der Waals surface area contributed by atoms with Gasteiger partial charge in [-0.05, 0) is 37.5 Å². The van der Waals surface area contributed by atoms with Crippen molar-refractivity contribution in [2.24, 2.45) is 0 Å². The molecular formula is C19H21N3O. The number of hydrogen-bond acceptors (Lipinski definition) is 2. The van der Waals surface area contributed by atoms with E-state index in [9.17, 15) is 4.79 Å². The minimum atomic E-state index is -0.0868. The number of carbonyl (C=O) groups excluding carboxylic acids is 1. The average Bonchev–Trinajstić information content (AvgIpc) is 2.95. The maximum Gasteiger partial charge on any atom is 0.270 e. The number of aryl methyl sites for hydroxylation is 2. The molecule has 118 valence electrons. The highest BCUT2D eigenvalue weighted by molar-refractivity contribution is 5.95. The van der Waals surface area contributed by atoms with Crippen molar-refractivity contribution in [1.82, 2.24) is 14.7 Å². The molecule has 2 aromatic heterocycles. The van der Waals surface area contributed by atoms with E-state index < -0.39 is 0 Å². The largest absolute Gasteiger partial charge is 0.344 e. The zero-order valence-electron chi connectivity index (χ0n) is 13.7. The molecule has 0 spiro atoms. The summed E-state index contributed by atoms with van der Waals surface area (Å²) in [7, 11) is 0. The van der Waals surface area contributed by atoms with Gasteiger partial charge in [0.1, 0.15) is 11.3 Å². The van der Waals surface area contributed by atoms with Crippen molar-refractivity contribution < 1.29 is 4.79 Å². The third-order valence-corrected chi connectivity index (χ3v) is 4.11. The number of pyridine rings is 1. The second-order valence-corrected chi connectivity index (χ2v) is 5.75. The highest BCUT2D eigenvalue weighted by atomic mass is 16.2. The Bertz CT molecular complexity index is 836. The number of nitrogens with one attached hydrogen (secondary N) is 1. The van der Waals surface area contributed by atoms with Gasteiger partial charge in [0.25, 0.3) is 5.91 Å². The molecule has 1 unspecified atom stereocenters. The normalized spacial score (nSPS) is 12.3. The molecule has 0 aliphatic carbocycles. The average molecular weight is 307 g/mol. The molecule has 3 aromatic rings. The van der Waals surface area contributed by atoms with E-state index >= 15 is 0 Å². The number of aromatic nitrogens is 2. The van der Waals surface area contributed by atoms with Crippen LogP contribution in [0.3, 0.4) is 0 Å². The van der Waals surface area contributed by atoms with Gasteiger partial charge in [0, 0.05) is 6.20 Å². The van der Waals surface area contributed by atoms with Crippen molar-refractivity contribution in [2.45, 2.75) is 33.2 Å². The molecule has 0 bridgehead atoms. The molecule has 23 heavy (non-hydrogen) atoms. The first-order valence-corrected chi connectivity index (χ1v) is 7.94. The van der Waals surface area contributed by atoms with Gasteiger partial charge in [-0.15, -0.1) is 0 Å². The zero-order chi connectivity index (χ0) is 16.4. The summed E-state index contributed by atoms with van der Waals surface area (Å²) < 4.78 is 1.89. The Labute approximate surface area is 136 Å². The van der Waals surface area contributed by atoms with E-state index in [1.54, 1.807) is 0 Å². The highest BCUT2D eigenvalue weighted by Crippen LogP contribution is 2.18. The number of imidazole rings is 1. The Morgan fingerprint density at radius 3 is 2.65 bits per heavy atom. The number of benzene rings is 1. The third-order valence-electron chi connectivity index (χ3n) is 4.11. The minimum Gasteiger partial charge on any atom is -0.344 e. The van der Waals surface area contributed by atoms with Crippen LogP contribution in [0.5, 0.6) is 0 Å². The van der Waals surface area contributed by atoms with E-state index in [0.29, 0.717) is 5.69 Å². The van der Waals surface area contributed by atoms with Gasteiger partial charge in [0.05, 0.1) is 11.7 Å². The van der Waals surface area contributed by atoms with Crippen LogP contribution in [0, 0.1) is 6.92 Å². The number of amides is 1. The van der Waals surface area contributed by atoms with Crippen molar-refractivity contribution in [3.8, 4) is 0 Å². The first-order valence-electron chi connectivity index (χ1n) is 7.94. The van der Waals surface area contributed by atoms with E-state index in [-0.39, 0.29) is 11.9 Å². The predicted molar refractivity (Wildman–Crippen MR) is 91.6 cm³/mol. The fourth-order valence-electron chi connectivity index (χ4n) is 2.83. The number of fused-ring (bicyclic) bond motifs is 1. The lowest BCUT2D eigenvalue weighted by molar-refractivity contribution is 0.0933. The second kappa shape index (κ2) is 6.24. The monoisotopic (exact) mass is 307 g/mol. The van der Waals surface area contributed by atoms with Crippen LogP contribution in [-0.2, 0) is 6.42 Å². The molecule has 2 heterocycles. The Kier molecular flexibility index (Phi) is 4.15. The molecule has 0 aliphatic rings. The maximum absolute atomic E-state index is 12.8. The van der Waals surface area contributed by atoms with Crippen molar-refractivity contribution in [2.75, 3.05) is 0 Å². The van der Waals surface area contributed by atoms with Crippen molar-refractivity contribution in [3.05, 3.63) is 71.2 Å². The fourth-order valence-corrected chi connectivity index (χ4v) is 2.83. The summed E-state index contributed by atoms with van der Waals surface area (Å²) in [6.07, 6.45) is 2.63. The summed E-state index contributed by atoms with van der Waals surface area (Å²) in [5.41, 5.74) is 4.47. The topological polar surface area (TPSA) is 46.4 Å². The molecule has 4 heteroatoms. The van der Waals surface area contributed by atoms with Crippen LogP contribution in [0.25, 0.3) is 5.65 Å². The Hall–Kier alpha value is -2.62. The number of nitrogens with zero attached hydrogens (tertiary/aromatic N) is 2. The number of rotatable bonds is 4. The SMILES string of the molecule is CCc1nc2c(C)cccn2c1C(=O)NC(C)c1ccccc1. The number of hydrogen-bond donors (Lipinski definition) is 1. The fraction of sp³-hybridized carbons (Fsp3) is 0.263. The molecule has 1 amide bonds. The lowest BCUT2D eigenvalue weighted by atomic mass is 10.1. The zero-order valence-corrected chi connectivity index (χ0v) is 13.7. The molecule has 0 fully saturated rings. The Morgan fingerprint density at radius 1 is 1.22 bits per heavy atom. The summed E-state index contributed by atoms with van der Waals surface area (Å²) in [6, 6.07) is 13.9. The van der Waals surface area contributed by atoms with Crippen LogP contribution in [0.4, 0.5) is 0 Å². The van der Waals surface area contributed by atoms with E-state index in [0.717, 1.165) is 28.9 Å². The van der Waals surface area contributed by atoms with Crippen LogP contribution < -0.4 is 5.32 Å². The van der Waals surface area contributed by atoms with Crippen LogP contribution >= 0.6 is 0 Å². The van der Waals surface area contributed by atoms with E-state index in [4.69, 9.17) is 0 Å². The predicted octanol–water partition coefficient (Wildman–Crippen LogP) is 3.70. The minimum absolute atomic E-state index is 0.0521. The lowest BCUT2D eigenvalue weighted by Gasteiger charge is -2.14. The quantitative estimate of drug-likeness (QED) is 0.799. The highest BCUT2D eigenvalue weighted by Gasteiger charge is 2.20. The van der Waals surface area contributed by atoms with E-state index in [1.165, 1.54) is 0 Å². The van der Waals surface area contributed by atoms with Crippen molar-refractivity contribution in [1.29, 1.82) is 0 Å². The molecule has 4 nitrogen and oxygen atoms in total. The van der Waals surface area contributed by atoms with E-state index in [1.807, 2.05) is 73.8 Å². The van der Waals surface area contributed by atoms with Gasteiger partial charge in [0.15, 0.2) is 0 Å². The van der Waals surface area contributed by atoms with Crippen LogP contribution in [0.2, 0.25) is 0 Å². The summed E-state index contributed by atoms with van der Waals surface area (Å²) in [6.45, 7) is 6.03. The first-order chi connectivity index (χ1) is 11.1. The molecule has 0 radical (unpaired) electrons. The second-order valence-electron chi connectivity index (χ2n) is 5.75. The molecule has 0 aliphatic heterocycles. The third kappa shape index (κ3) is 2.84. The van der Waals surface area contributed by atoms with Gasteiger partial charge in [0.2, 0.25) is 0 Å². The van der Waals surface area contributed by atoms with Crippen LogP contribution in [0.15, 0.2) is 48.7 Å². The Balaban J connectivity index is 1.96. The van der Waals surface area contributed by atoms with Crippen LogP contribution in [0.1, 0.15) is 47.2 Å². The van der Waals surface area contributed by atoms with Gasteiger partial charge in [-0.2, -0.15) is 0 Å². The van der Waals surface area contributed by atoms with Crippen molar-refractivity contribution >= 4 is 11.6 Å². The van der Waals surface area contributed by atoms with Gasteiger partial charge >= 0.3 is 0 Å². The molecule has 1 atom stereocenters. The summed E-state index contributed by atoms with van der Waals surface area (Å²) >= 11 is 0. The van der Waals surface area contributed by atoms with Gasteiger partial charge in [-0.3, -0.25) is 9.20 Å². The summed E-state index contributed by atoms with van der Waals surface area (Å²) in [4.78, 5) is 17.5. The molecule has 1 aromatic carbocycles.